The van der Waals surface area contributed by atoms with Gasteiger partial charge in [0.25, 0.3) is 10.0 Å². The van der Waals surface area contributed by atoms with Crippen LogP contribution >= 0.6 is 0 Å². The van der Waals surface area contributed by atoms with E-state index in [2.05, 4.69) is 20.4 Å². The number of hydrogen-bond donors (Lipinski definition) is 0. The molecule has 1 aliphatic heterocycles. The molecule has 3 aromatic heterocycles. The van der Waals surface area contributed by atoms with Crippen LogP contribution in [-0.4, -0.2) is 61.4 Å². The summed E-state index contributed by atoms with van der Waals surface area (Å²) in [4.78, 5) is 18.3. The lowest BCUT2D eigenvalue weighted by Crippen LogP contribution is -2.53. The number of halogens is 1. The fourth-order valence-corrected chi connectivity index (χ4v) is 6.54. The van der Waals surface area contributed by atoms with E-state index in [0.29, 0.717) is 12.1 Å². The molecule has 6 rings (SSSR count). The van der Waals surface area contributed by atoms with E-state index in [-0.39, 0.29) is 41.8 Å². The van der Waals surface area contributed by atoms with Crippen molar-refractivity contribution in [2.24, 2.45) is 12.5 Å². The Hall–Kier alpha value is -4.03. The molecular weight excluding hydrogens is 497 g/mol. The highest BCUT2D eigenvalue weighted by Gasteiger charge is 2.51. The Balaban J connectivity index is 1.45. The van der Waals surface area contributed by atoms with Gasteiger partial charge < -0.3 is 0 Å². The minimum absolute atomic E-state index is 0.0612. The summed E-state index contributed by atoms with van der Waals surface area (Å²) in [5.74, 6) is -0.599. The normalized spacial score (nSPS) is 19.7. The molecule has 1 aliphatic carbocycles. The van der Waals surface area contributed by atoms with Gasteiger partial charge in [-0.05, 0) is 60.9 Å². The van der Waals surface area contributed by atoms with Crippen molar-refractivity contribution in [2.75, 3.05) is 13.1 Å². The van der Waals surface area contributed by atoms with Crippen LogP contribution in [0.3, 0.4) is 0 Å². The zero-order valence-corrected chi connectivity index (χ0v) is 20.6. The van der Waals surface area contributed by atoms with Crippen molar-refractivity contribution in [3.8, 4) is 5.69 Å². The SMILES string of the molecule is Cn1cc(S(=O)(=O)N2CCC3=Cc4c(cnn4-c4ccc(F)cc4)C[C@]3(C(=O)c3ccccn3)C2)nn1. The number of aromatic nitrogens is 6. The Bertz CT molecular complexity index is 1640. The molecule has 37 heavy (non-hydrogen) atoms. The van der Waals surface area contributed by atoms with Gasteiger partial charge in [0, 0.05) is 26.3 Å². The molecule has 2 aliphatic rings. The Morgan fingerprint density at radius 1 is 1.14 bits per heavy atom. The van der Waals surface area contributed by atoms with Crippen LogP contribution in [0, 0.1) is 11.2 Å². The van der Waals surface area contributed by atoms with Crippen molar-refractivity contribution in [3.63, 3.8) is 0 Å². The number of nitrogens with zero attached hydrogens (tertiary/aromatic N) is 7. The quantitative estimate of drug-likeness (QED) is 0.372. The van der Waals surface area contributed by atoms with Crippen LogP contribution < -0.4 is 0 Å². The Morgan fingerprint density at radius 2 is 1.95 bits per heavy atom. The molecule has 1 saturated heterocycles. The Kier molecular flexibility index (Phi) is 5.39. The second-order valence-electron chi connectivity index (χ2n) is 9.23. The summed E-state index contributed by atoms with van der Waals surface area (Å²) >= 11 is 0. The lowest BCUT2D eigenvalue weighted by molar-refractivity contribution is 0.0770. The van der Waals surface area contributed by atoms with E-state index in [9.17, 15) is 17.6 Å². The summed E-state index contributed by atoms with van der Waals surface area (Å²) in [6, 6.07) is 11.1. The number of carbonyl (C=O) groups excluding carboxylic acids is 1. The minimum Gasteiger partial charge on any atom is -0.291 e. The maximum absolute atomic E-state index is 14.1. The first-order valence-electron chi connectivity index (χ1n) is 11.6. The number of pyridine rings is 1. The summed E-state index contributed by atoms with van der Waals surface area (Å²) < 4.78 is 44.8. The third kappa shape index (κ3) is 3.80. The molecule has 0 bridgehead atoms. The van der Waals surface area contributed by atoms with Crippen molar-refractivity contribution in [2.45, 2.75) is 17.9 Å². The molecular formula is C25H22FN7O3S. The molecule has 4 aromatic rings. The van der Waals surface area contributed by atoms with Gasteiger partial charge >= 0.3 is 0 Å². The van der Waals surface area contributed by atoms with Crippen LogP contribution in [0.15, 0.2) is 71.7 Å². The van der Waals surface area contributed by atoms with Crippen molar-refractivity contribution < 1.29 is 17.6 Å². The highest BCUT2D eigenvalue weighted by atomic mass is 32.2. The smallest absolute Gasteiger partial charge is 0.264 e. The van der Waals surface area contributed by atoms with E-state index < -0.39 is 15.4 Å². The van der Waals surface area contributed by atoms with Crippen LogP contribution in [0.25, 0.3) is 11.8 Å². The lowest BCUT2D eigenvalue weighted by Gasteiger charge is -2.44. The third-order valence-corrected chi connectivity index (χ3v) is 8.68. The summed E-state index contributed by atoms with van der Waals surface area (Å²) in [5.41, 5.74) is 2.18. The maximum atomic E-state index is 14.1. The Morgan fingerprint density at radius 3 is 2.65 bits per heavy atom. The Labute approximate surface area is 212 Å². The van der Waals surface area contributed by atoms with E-state index in [1.54, 1.807) is 54.5 Å². The summed E-state index contributed by atoms with van der Waals surface area (Å²) in [5, 5.41) is 11.9. The predicted molar refractivity (Wildman–Crippen MR) is 131 cm³/mol. The van der Waals surface area contributed by atoms with Crippen molar-refractivity contribution in [1.82, 2.24) is 34.1 Å². The van der Waals surface area contributed by atoms with Gasteiger partial charge in [0.1, 0.15) is 11.5 Å². The number of piperidine rings is 1. The summed E-state index contributed by atoms with van der Waals surface area (Å²) in [6.07, 6.45) is 7.08. The van der Waals surface area contributed by atoms with E-state index in [1.807, 2.05) is 6.08 Å². The molecule has 1 atom stereocenters. The number of rotatable bonds is 5. The monoisotopic (exact) mass is 519 g/mol. The zero-order valence-electron chi connectivity index (χ0n) is 19.8. The number of aryl methyl sites for hydroxylation is 1. The van der Waals surface area contributed by atoms with E-state index in [4.69, 9.17) is 0 Å². The first-order chi connectivity index (χ1) is 17.8. The van der Waals surface area contributed by atoms with Gasteiger partial charge in [-0.1, -0.05) is 16.9 Å². The number of carbonyl (C=O) groups is 1. The predicted octanol–water partition coefficient (Wildman–Crippen LogP) is 2.44. The number of fused-ring (bicyclic) bond motifs is 2. The first-order valence-corrected chi connectivity index (χ1v) is 13.1. The maximum Gasteiger partial charge on any atom is 0.264 e. The van der Waals surface area contributed by atoms with Crippen molar-refractivity contribution in [3.05, 3.63) is 89.4 Å². The molecule has 0 spiro atoms. The average Bonchev–Trinajstić information content (AvgIpc) is 3.53. The number of Topliss-reactive ketones (excluding diaryl/α,β-unsaturated/α-hetero) is 1. The zero-order chi connectivity index (χ0) is 25.8. The van der Waals surface area contributed by atoms with E-state index in [1.165, 1.54) is 27.3 Å². The van der Waals surface area contributed by atoms with Crippen LogP contribution in [0.1, 0.15) is 28.2 Å². The molecule has 188 valence electrons. The number of sulfonamides is 1. The van der Waals surface area contributed by atoms with Crippen LogP contribution in [0.4, 0.5) is 4.39 Å². The third-order valence-electron chi connectivity index (χ3n) is 6.97. The second-order valence-corrected chi connectivity index (χ2v) is 11.1. The molecule has 0 unspecified atom stereocenters. The van der Waals surface area contributed by atoms with Gasteiger partial charge in [0.05, 0.1) is 29.2 Å². The van der Waals surface area contributed by atoms with E-state index in [0.717, 1.165) is 16.8 Å². The fourth-order valence-electron chi connectivity index (χ4n) is 5.13. The molecule has 1 fully saturated rings. The average molecular weight is 520 g/mol. The largest absolute Gasteiger partial charge is 0.291 e. The van der Waals surface area contributed by atoms with Gasteiger partial charge in [-0.3, -0.25) is 14.5 Å². The van der Waals surface area contributed by atoms with Crippen molar-refractivity contribution in [1.29, 1.82) is 0 Å². The summed E-state index contributed by atoms with van der Waals surface area (Å²) in [6.45, 7) is 0.121. The van der Waals surface area contributed by atoms with Gasteiger partial charge in [0.2, 0.25) is 5.03 Å². The number of ketones is 1. The van der Waals surface area contributed by atoms with Gasteiger partial charge in [-0.2, -0.15) is 9.40 Å². The van der Waals surface area contributed by atoms with Crippen LogP contribution in [0.5, 0.6) is 0 Å². The van der Waals surface area contributed by atoms with Gasteiger partial charge in [0.15, 0.2) is 5.78 Å². The highest BCUT2D eigenvalue weighted by Crippen LogP contribution is 2.47. The molecule has 0 amide bonds. The molecule has 0 radical (unpaired) electrons. The second kappa shape index (κ2) is 8.53. The minimum atomic E-state index is -3.98. The number of hydrogen-bond acceptors (Lipinski definition) is 7. The topological polar surface area (TPSA) is 116 Å². The van der Waals surface area contributed by atoms with Crippen LogP contribution in [-0.2, 0) is 23.5 Å². The van der Waals surface area contributed by atoms with Gasteiger partial charge in [-0.15, -0.1) is 5.10 Å². The van der Waals surface area contributed by atoms with Crippen molar-refractivity contribution >= 4 is 21.9 Å². The molecule has 0 saturated carbocycles. The standard InChI is InChI=1S/C25H22FN7O3S/c1-31-15-23(29-30-31)37(35,36)32-11-9-18-12-22-17(14-28-33(22)20-7-5-19(26)6-8-20)13-25(18,16-32)24(34)21-4-2-3-10-27-21/h2-8,10,12,14-15H,9,11,13,16H2,1H3/t25-/m0/s1. The van der Waals surface area contributed by atoms with E-state index >= 15 is 0 Å². The summed E-state index contributed by atoms with van der Waals surface area (Å²) in [7, 11) is -2.39. The highest BCUT2D eigenvalue weighted by molar-refractivity contribution is 7.89. The molecule has 0 N–H and O–H groups in total. The molecule has 1 aromatic carbocycles. The fraction of sp³-hybridized carbons (Fsp3) is 0.240. The van der Waals surface area contributed by atoms with Crippen LogP contribution in [0.2, 0.25) is 0 Å². The van der Waals surface area contributed by atoms with Gasteiger partial charge in [-0.25, -0.2) is 17.5 Å². The number of benzene rings is 1. The first kappa shape index (κ1) is 23.4. The molecule has 4 heterocycles. The molecule has 10 nitrogen and oxygen atoms in total. The lowest BCUT2D eigenvalue weighted by atomic mass is 9.65. The molecule has 12 heteroatoms.